The Morgan fingerprint density at radius 3 is 3.04 bits per heavy atom. The highest BCUT2D eigenvalue weighted by Gasteiger charge is 2.25. The standard InChI is InChI=1S/C16H15FN4OS/c1-11-9-21(14-4-2-3-12(7-14)8-18)16(23-11)19-15(22)20-6-5-13(17)10-20/h2-4,7,9,13H,5-6,10H2,1H3/b19-16-/t13-/m1/s1. The van der Waals surface area contributed by atoms with Crippen LogP contribution in [0.2, 0.25) is 0 Å². The van der Waals surface area contributed by atoms with Gasteiger partial charge in [0.2, 0.25) is 0 Å². The molecule has 0 saturated carbocycles. The molecule has 118 valence electrons. The smallest absolute Gasteiger partial charge is 0.320 e. The fourth-order valence-corrected chi connectivity index (χ4v) is 3.31. The Bertz CT molecular complexity index is 848. The summed E-state index contributed by atoms with van der Waals surface area (Å²) in [7, 11) is 0. The third kappa shape index (κ3) is 3.32. The van der Waals surface area contributed by atoms with E-state index in [9.17, 15) is 9.18 Å². The zero-order valence-electron chi connectivity index (χ0n) is 12.6. The van der Waals surface area contributed by atoms with Crippen LogP contribution in [0.4, 0.5) is 9.18 Å². The molecule has 1 saturated heterocycles. The number of thiazole rings is 1. The fraction of sp³-hybridized carbons (Fsp3) is 0.312. The average molecular weight is 330 g/mol. The number of rotatable bonds is 1. The minimum atomic E-state index is -0.960. The van der Waals surface area contributed by atoms with E-state index in [0.29, 0.717) is 23.3 Å². The van der Waals surface area contributed by atoms with E-state index in [1.807, 2.05) is 19.2 Å². The monoisotopic (exact) mass is 330 g/mol. The second-order valence-corrected chi connectivity index (χ2v) is 6.60. The zero-order chi connectivity index (χ0) is 16.4. The molecule has 1 aliphatic rings. The number of carbonyl (C=O) groups excluding carboxylic acids is 1. The minimum absolute atomic E-state index is 0.108. The molecular formula is C16H15FN4OS. The molecule has 1 atom stereocenters. The molecule has 7 heteroatoms. The molecule has 5 nitrogen and oxygen atoms in total. The van der Waals surface area contributed by atoms with E-state index in [-0.39, 0.29) is 6.54 Å². The van der Waals surface area contributed by atoms with Crippen molar-refractivity contribution >= 4 is 17.4 Å². The molecule has 0 N–H and O–H groups in total. The predicted octanol–water partition coefficient (Wildman–Crippen LogP) is 2.78. The lowest BCUT2D eigenvalue weighted by atomic mass is 10.2. The van der Waals surface area contributed by atoms with Gasteiger partial charge in [-0.25, -0.2) is 9.18 Å². The number of carbonyl (C=O) groups is 1. The molecule has 2 amide bonds. The second kappa shape index (κ2) is 6.34. The third-order valence-electron chi connectivity index (χ3n) is 3.62. The lowest BCUT2D eigenvalue weighted by Gasteiger charge is -2.10. The number of aryl methyl sites for hydroxylation is 1. The summed E-state index contributed by atoms with van der Waals surface area (Å²) in [6, 6.07) is 8.77. The van der Waals surface area contributed by atoms with Gasteiger partial charge in [-0.05, 0) is 31.5 Å². The summed E-state index contributed by atoms with van der Waals surface area (Å²) in [5.74, 6) is 0. The van der Waals surface area contributed by atoms with E-state index in [2.05, 4.69) is 11.1 Å². The average Bonchev–Trinajstić information content (AvgIpc) is 3.13. The van der Waals surface area contributed by atoms with Gasteiger partial charge in [-0.3, -0.25) is 4.57 Å². The van der Waals surface area contributed by atoms with Gasteiger partial charge < -0.3 is 4.90 Å². The quantitative estimate of drug-likeness (QED) is 0.807. The molecule has 23 heavy (non-hydrogen) atoms. The molecular weight excluding hydrogens is 315 g/mol. The fourth-order valence-electron chi connectivity index (χ4n) is 2.49. The maximum atomic E-state index is 13.2. The highest BCUT2D eigenvalue weighted by Crippen LogP contribution is 2.14. The summed E-state index contributed by atoms with van der Waals surface area (Å²) in [6.45, 7) is 2.43. The molecule has 3 rings (SSSR count). The van der Waals surface area contributed by atoms with Gasteiger partial charge in [0.1, 0.15) is 6.17 Å². The highest BCUT2D eigenvalue weighted by atomic mass is 32.1. The first kappa shape index (κ1) is 15.4. The number of likely N-dealkylation sites (tertiary alicyclic amines) is 1. The number of urea groups is 1. The zero-order valence-corrected chi connectivity index (χ0v) is 13.4. The first-order valence-electron chi connectivity index (χ1n) is 7.24. The van der Waals surface area contributed by atoms with E-state index in [1.165, 1.54) is 16.2 Å². The Labute approximate surface area is 136 Å². The summed E-state index contributed by atoms with van der Waals surface area (Å²) in [4.78, 5) is 19.3. The van der Waals surface area contributed by atoms with Crippen LogP contribution >= 0.6 is 11.3 Å². The number of hydrogen-bond acceptors (Lipinski definition) is 3. The van der Waals surface area contributed by atoms with Crippen LogP contribution in [0, 0.1) is 18.3 Å². The topological polar surface area (TPSA) is 61.4 Å². The van der Waals surface area contributed by atoms with Crippen LogP contribution in [0.15, 0.2) is 35.5 Å². The summed E-state index contributed by atoms with van der Waals surface area (Å²) in [5.41, 5.74) is 1.31. The molecule has 1 aliphatic heterocycles. The molecule has 0 radical (unpaired) electrons. The van der Waals surface area contributed by atoms with Crippen LogP contribution < -0.4 is 4.80 Å². The molecule has 0 spiro atoms. The minimum Gasteiger partial charge on any atom is -0.320 e. The first-order chi connectivity index (χ1) is 11.1. The number of nitriles is 1. The van der Waals surface area contributed by atoms with Crippen molar-refractivity contribution in [3.8, 4) is 11.8 Å². The van der Waals surface area contributed by atoms with Crippen LogP contribution in [0.3, 0.4) is 0 Å². The van der Waals surface area contributed by atoms with Gasteiger partial charge in [0.15, 0.2) is 4.80 Å². The third-order valence-corrected chi connectivity index (χ3v) is 4.51. The van der Waals surface area contributed by atoms with E-state index in [4.69, 9.17) is 5.26 Å². The Balaban J connectivity index is 1.99. The van der Waals surface area contributed by atoms with Crippen LogP contribution in [-0.2, 0) is 0 Å². The SMILES string of the molecule is Cc1cn(-c2cccc(C#N)c2)/c(=N/C(=O)N2CC[C@@H](F)C2)s1. The van der Waals surface area contributed by atoms with E-state index in [1.54, 1.807) is 22.8 Å². The number of aromatic nitrogens is 1. The Morgan fingerprint density at radius 1 is 1.52 bits per heavy atom. The molecule has 0 bridgehead atoms. The van der Waals surface area contributed by atoms with Crippen LogP contribution in [0.5, 0.6) is 0 Å². The molecule has 0 unspecified atom stereocenters. The van der Waals surface area contributed by atoms with Gasteiger partial charge in [0.05, 0.1) is 18.2 Å². The summed E-state index contributed by atoms with van der Waals surface area (Å²) in [5, 5.41) is 9.02. The second-order valence-electron chi connectivity index (χ2n) is 5.38. The Morgan fingerprint density at radius 2 is 2.35 bits per heavy atom. The van der Waals surface area contributed by atoms with Gasteiger partial charge in [0, 0.05) is 23.3 Å². The van der Waals surface area contributed by atoms with Gasteiger partial charge in [0.25, 0.3) is 0 Å². The van der Waals surface area contributed by atoms with E-state index in [0.717, 1.165) is 10.6 Å². The van der Waals surface area contributed by atoms with Crippen molar-refractivity contribution < 1.29 is 9.18 Å². The summed E-state index contributed by atoms with van der Waals surface area (Å²) in [6.07, 6.45) is 1.28. The Hall–Kier alpha value is -2.46. The van der Waals surface area contributed by atoms with E-state index >= 15 is 0 Å². The Kier molecular flexibility index (Phi) is 4.26. The van der Waals surface area contributed by atoms with Gasteiger partial charge in [-0.1, -0.05) is 6.07 Å². The molecule has 1 fully saturated rings. The number of benzene rings is 1. The predicted molar refractivity (Wildman–Crippen MR) is 85.1 cm³/mol. The lowest BCUT2D eigenvalue weighted by Crippen LogP contribution is -2.28. The van der Waals surface area contributed by atoms with Crippen molar-refractivity contribution in [3.05, 3.63) is 45.7 Å². The highest BCUT2D eigenvalue weighted by molar-refractivity contribution is 7.09. The van der Waals surface area contributed by atoms with Gasteiger partial charge in [-0.15, -0.1) is 11.3 Å². The maximum Gasteiger partial charge on any atom is 0.346 e. The van der Waals surface area contributed by atoms with Crippen molar-refractivity contribution in [3.63, 3.8) is 0 Å². The lowest BCUT2D eigenvalue weighted by molar-refractivity contribution is 0.213. The van der Waals surface area contributed by atoms with Crippen molar-refractivity contribution in [1.82, 2.24) is 9.47 Å². The van der Waals surface area contributed by atoms with Gasteiger partial charge >= 0.3 is 6.03 Å². The van der Waals surface area contributed by atoms with Crippen LogP contribution in [0.1, 0.15) is 16.9 Å². The number of halogens is 1. The van der Waals surface area contributed by atoms with Crippen molar-refractivity contribution in [1.29, 1.82) is 5.26 Å². The molecule has 2 aromatic rings. The number of hydrogen-bond donors (Lipinski definition) is 0. The van der Waals surface area contributed by atoms with Crippen molar-refractivity contribution in [2.45, 2.75) is 19.5 Å². The number of amides is 2. The maximum absolute atomic E-state index is 13.2. The van der Waals surface area contributed by atoms with Gasteiger partial charge in [-0.2, -0.15) is 10.3 Å². The normalized spacial score (nSPS) is 18.2. The number of alkyl halides is 1. The van der Waals surface area contributed by atoms with Crippen molar-refractivity contribution in [2.24, 2.45) is 4.99 Å². The molecule has 1 aromatic heterocycles. The summed E-state index contributed by atoms with van der Waals surface area (Å²) < 4.78 is 15.0. The molecule has 2 heterocycles. The van der Waals surface area contributed by atoms with Crippen LogP contribution in [0.25, 0.3) is 5.69 Å². The first-order valence-corrected chi connectivity index (χ1v) is 8.06. The largest absolute Gasteiger partial charge is 0.346 e. The van der Waals surface area contributed by atoms with Crippen molar-refractivity contribution in [2.75, 3.05) is 13.1 Å². The van der Waals surface area contributed by atoms with Crippen LogP contribution in [-0.4, -0.2) is 34.8 Å². The summed E-state index contributed by atoms with van der Waals surface area (Å²) >= 11 is 1.38. The van der Waals surface area contributed by atoms with E-state index < -0.39 is 12.2 Å². The number of nitrogens with zero attached hydrogens (tertiary/aromatic N) is 4. The molecule has 1 aromatic carbocycles. The molecule has 0 aliphatic carbocycles.